The molecular formula is C19H23N3O3. The van der Waals surface area contributed by atoms with Crippen LogP contribution in [0, 0.1) is 6.92 Å². The fraction of sp³-hybridized carbons (Fsp3) is 0.421. The van der Waals surface area contributed by atoms with Crippen molar-refractivity contribution in [3.63, 3.8) is 0 Å². The van der Waals surface area contributed by atoms with Crippen molar-refractivity contribution in [3.05, 3.63) is 46.8 Å². The van der Waals surface area contributed by atoms with Gasteiger partial charge in [-0.3, -0.25) is 9.48 Å². The Kier molecular flexibility index (Phi) is 4.14. The molecule has 6 heteroatoms. The molecule has 1 aliphatic rings. The topological polar surface area (TPSA) is 84.2 Å². The van der Waals surface area contributed by atoms with Gasteiger partial charge in [0.2, 0.25) is 0 Å². The van der Waals surface area contributed by atoms with Crippen LogP contribution in [-0.4, -0.2) is 26.8 Å². The smallest absolute Gasteiger partial charge is 0.335 e. The third-order valence-electron chi connectivity index (χ3n) is 4.32. The van der Waals surface area contributed by atoms with E-state index < -0.39 is 5.97 Å². The number of aryl methyl sites for hydroxylation is 1. The molecule has 1 aromatic heterocycles. The van der Waals surface area contributed by atoms with E-state index in [1.54, 1.807) is 19.1 Å². The summed E-state index contributed by atoms with van der Waals surface area (Å²) in [5, 5.41) is 16.4. The zero-order valence-corrected chi connectivity index (χ0v) is 15.0. The number of hydrogen-bond donors (Lipinski definition) is 2. The molecule has 132 valence electrons. The first kappa shape index (κ1) is 17.2. The van der Waals surface area contributed by atoms with Crippen LogP contribution in [0.5, 0.6) is 0 Å². The molecule has 0 spiro atoms. The van der Waals surface area contributed by atoms with Crippen LogP contribution in [0.25, 0.3) is 0 Å². The molecule has 1 amide bonds. The number of aromatic carboxylic acids is 1. The summed E-state index contributed by atoms with van der Waals surface area (Å²) in [5.74, 6) is -0.772. The molecule has 1 aromatic carbocycles. The number of carboxylic acid groups (broad SMARTS) is 1. The van der Waals surface area contributed by atoms with E-state index in [-0.39, 0.29) is 17.0 Å². The summed E-state index contributed by atoms with van der Waals surface area (Å²) >= 11 is 0. The fourth-order valence-corrected chi connectivity index (χ4v) is 2.89. The molecule has 1 fully saturated rings. The van der Waals surface area contributed by atoms with Crippen LogP contribution < -0.4 is 5.32 Å². The fourth-order valence-electron chi connectivity index (χ4n) is 2.89. The predicted molar refractivity (Wildman–Crippen MR) is 95.3 cm³/mol. The minimum atomic E-state index is -0.978. The third kappa shape index (κ3) is 3.57. The molecule has 6 nitrogen and oxygen atoms in total. The largest absolute Gasteiger partial charge is 0.478 e. The van der Waals surface area contributed by atoms with E-state index in [1.807, 2.05) is 10.7 Å². The van der Waals surface area contributed by atoms with Crippen LogP contribution >= 0.6 is 0 Å². The van der Waals surface area contributed by atoms with Crippen molar-refractivity contribution >= 4 is 17.6 Å². The average Bonchev–Trinajstić information content (AvgIpc) is 3.23. The highest BCUT2D eigenvalue weighted by atomic mass is 16.4. The van der Waals surface area contributed by atoms with Crippen molar-refractivity contribution in [2.75, 3.05) is 5.32 Å². The quantitative estimate of drug-likeness (QED) is 0.886. The number of carbonyl (C=O) groups is 2. The number of aromatic nitrogens is 2. The van der Waals surface area contributed by atoms with Gasteiger partial charge in [0.05, 0.1) is 11.1 Å². The Balaban J connectivity index is 1.84. The number of rotatable bonds is 4. The number of hydrogen-bond acceptors (Lipinski definition) is 3. The van der Waals surface area contributed by atoms with Crippen molar-refractivity contribution in [1.29, 1.82) is 0 Å². The van der Waals surface area contributed by atoms with Gasteiger partial charge in [-0.05, 0) is 70.4 Å². The molecule has 2 aromatic rings. The van der Waals surface area contributed by atoms with Gasteiger partial charge in [0.15, 0.2) is 5.69 Å². The van der Waals surface area contributed by atoms with Gasteiger partial charge in [0.25, 0.3) is 5.91 Å². The van der Waals surface area contributed by atoms with Crippen LogP contribution in [0.15, 0.2) is 24.3 Å². The van der Waals surface area contributed by atoms with Crippen LogP contribution in [0.1, 0.15) is 71.6 Å². The molecule has 0 unspecified atom stereocenters. The zero-order valence-electron chi connectivity index (χ0n) is 15.0. The number of nitrogens with one attached hydrogen (secondary N) is 1. The van der Waals surface area contributed by atoms with Gasteiger partial charge in [0, 0.05) is 17.3 Å². The Morgan fingerprint density at radius 2 is 1.92 bits per heavy atom. The Labute approximate surface area is 146 Å². The maximum absolute atomic E-state index is 12.6. The number of nitrogens with zero attached hydrogens (tertiary/aromatic N) is 2. The summed E-state index contributed by atoms with van der Waals surface area (Å²) < 4.78 is 1.94. The highest BCUT2D eigenvalue weighted by Crippen LogP contribution is 2.41. The summed E-state index contributed by atoms with van der Waals surface area (Å²) in [5.41, 5.74) is 2.70. The van der Waals surface area contributed by atoms with E-state index in [2.05, 4.69) is 31.2 Å². The predicted octanol–water partition coefficient (Wildman–Crippen LogP) is 3.77. The third-order valence-corrected chi connectivity index (χ3v) is 4.32. The molecule has 0 aliphatic heterocycles. The molecule has 0 atom stereocenters. The lowest BCUT2D eigenvalue weighted by atomic mass is 10.1. The maximum atomic E-state index is 12.6. The summed E-state index contributed by atoms with van der Waals surface area (Å²) in [6, 6.07) is 6.62. The number of amides is 1. The maximum Gasteiger partial charge on any atom is 0.335 e. The minimum absolute atomic E-state index is 0.184. The first-order chi connectivity index (χ1) is 11.7. The highest BCUT2D eigenvalue weighted by Gasteiger charge is 2.32. The van der Waals surface area contributed by atoms with E-state index in [0.717, 1.165) is 18.5 Å². The molecule has 1 heterocycles. The summed E-state index contributed by atoms with van der Waals surface area (Å²) in [6.45, 7) is 7.92. The van der Waals surface area contributed by atoms with Crippen LogP contribution in [0.2, 0.25) is 0 Å². The van der Waals surface area contributed by atoms with Gasteiger partial charge in [-0.2, -0.15) is 5.10 Å². The van der Waals surface area contributed by atoms with Crippen LogP contribution in [-0.2, 0) is 5.54 Å². The highest BCUT2D eigenvalue weighted by molar-refractivity contribution is 6.03. The molecular weight excluding hydrogens is 318 g/mol. The molecule has 1 saturated carbocycles. The van der Waals surface area contributed by atoms with Crippen molar-refractivity contribution in [1.82, 2.24) is 9.78 Å². The van der Waals surface area contributed by atoms with Gasteiger partial charge in [-0.1, -0.05) is 0 Å². The Morgan fingerprint density at radius 1 is 1.24 bits per heavy atom. The monoisotopic (exact) mass is 341 g/mol. The summed E-state index contributed by atoms with van der Waals surface area (Å²) in [6.07, 6.45) is 2.28. The van der Waals surface area contributed by atoms with Crippen LogP contribution in [0.4, 0.5) is 5.69 Å². The van der Waals surface area contributed by atoms with Crippen molar-refractivity contribution in [2.24, 2.45) is 0 Å². The molecule has 0 saturated heterocycles. The molecule has 3 rings (SSSR count). The standard InChI is InChI=1S/C19H23N3O3/c1-11-9-13(7-8-14(11)18(24)25)20-17(23)15-10-16(12-5-6-12)22(21-15)19(2,3)4/h7-10,12H,5-6H2,1-4H3,(H,20,23)(H,24,25). The number of carboxylic acids is 1. The second-order valence-corrected chi connectivity index (χ2v) is 7.60. The van der Waals surface area contributed by atoms with Gasteiger partial charge in [-0.25, -0.2) is 4.79 Å². The number of anilines is 1. The minimum Gasteiger partial charge on any atom is -0.478 e. The van der Waals surface area contributed by atoms with Crippen LogP contribution in [0.3, 0.4) is 0 Å². The zero-order chi connectivity index (χ0) is 18.4. The summed E-state index contributed by atoms with van der Waals surface area (Å²) in [4.78, 5) is 23.7. The van der Waals surface area contributed by atoms with Gasteiger partial charge in [-0.15, -0.1) is 0 Å². The van der Waals surface area contributed by atoms with Crippen molar-refractivity contribution in [3.8, 4) is 0 Å². The van der Waals surface area contributed by atoms with Crippen molar-refractivity contribution < 1.29 is 14.7 Å². The Morgan fingerprint density at radius 3 is 2.44 bits per heavy atom. The van der Waals surface area contributed by atoms with E-state index in [0.29, 0.717) is 22.9 Å². The average molecular weight is 341 g/mol. The normalized spacial score (nSPS) is 14.4. The van der Waals surface area contributed by atoms with E-state index in [1.165, 1.54) is 6.07 Å². The van der Waals surface area contributed by atoms with Gasteiger partial charge < -0.3 is 10.4 Å². The first-order valence-corrected chi connectivity index (χ1v) is 8.42. The molecule has 25 heavy (non-hydrogen) atoms. The van der Waals surface area contributed by atoms with Crippen molar-refractivity contribution in [2.45, 2.75) is 52.0 Å². The second kappa shape index (κ2) is 6.02. The molecule has 0 bridgehead atoms. The first-order valence-electron chi connectivity index (χ1n) is 8.42. The lowest BCUT2D eigenvalue weighted by Crippen LogP contribution is -2.25. The van der Waals surface area contributed by atoms with Gasteiger partial charge in [0.1, 0.15) is 0 Å². The lowest BCUT2D eigenvalue weighted by molar-refractivity contribution is 0.0696. The molecule has 2 N–H and O–H groups in total. The Bertz CT molecular complexity index is 842. The lowest BCUT2D eigenvalue weighted by Gasteiger charge is -2.22. The second-order valence-electron chi connectivity index (χ2n) is 7.60. The van der Waals surface area contributed by atoms with Gasteiger partial charge >= 0.3 is 5.97 Å². The number of carbonyl (C=O) groups excluding carboxylic acids is 1. The SMILES string of the molecule is Cc1cc(NC(=O)c2cc(C3CC3)n(C(C)(C)C)n2)ccc1C(=O)O. The van der Waals surface area contributed by atoms with E-state index in [9.17, 15) is 9.59 Å². The number of benzene rings is 1. The molecule has 0 radical (unpaired) electrons. The van der Waals surface area contributed by atoms with E-state index >= 15 is 0 Å². The Hall–Kier alpha value is -2.63. The van der Waals surface area contributed by atoms with E-state index in [4.69, 9.17) is 5.11 Å². The summed E-state index contributed by atoms with van der Waals surface area (Å²) in [7, 11) is 0. The molecule has 1 aliphatic carbocycles.